The predicted octanol–water partition coefficient (Wildman–Crippen LogP) is 7.77. The summed E-state index contributed by atoms with van der Waals surface area (Å²) in [5.41, 5.74) is 5.02. The lowest BCUT2D eigenvalue weighted by Gasteiger charge is -2.36. The van der Waals surface area contributed by atoms with Gasteiger partial charge < -0.3 is 19.7 Å². The first-order valence-electron chi connectivity index (χ1n) is 18.9. The van der Waals surface area contributed by atoms with Gasteiger partial charge in [-0.25, -0.2) is 13.1 Å². The van der Waals surface area contributed by atoms with Crippen molar-refractivity contribution in [2.75, 3.05) is 56.2 Å². The number of carbonyl (C=O) groups excluding carboxylic acids is 1. The molecule has 7 rings (SSSR count). The number of anilines is 2. The molecule has 296 valence electrons. The third kappa shape index (κ3) is 10.1. The molecule has 57 heavy (non-hydrogen) atoms. The lowest BCUT2D eigenvalue weighted by molar-refractivity contribution is -0.384. The highest BCUT2D eigenvalue weighted by molar-refractivity contribution is 7.90. The number of carbonyl (C=O) groups is 1. The zero-order valence-corrected chi connectivity index (χ0v) is 32.9. The topological polar surface area (TPSA) is 143 Å². The maximum Gasteiger partial charge on any atom is 0.293 e. The highest BCUT2D eigenvalue weighted by Gasteiger charge is 2.27. The van der Waals surface area contributed by atoms with Crippen molar-refractivity contribution in [1.82, 2.24) is 9.62 Å². The summed E-state index contributed by atoms with van der Waals surface area (Å²) in [5, 5.41) is 15.8. The maximum absolute atomic E-state index is 13.7. The first-order valence-corrected chi connectivity index (χ1v) is 20.8. The second kappa shape index (κ2) is 18.2. The van der Waals surface area contributed by atoms with Crippen LogP contribution in [0, 0.1) is 16.0 Å². The standard InChI is InChI=1S/C43H44ClN5O7S/c44-35-12-10-33(11-13-35)38-9-5-4-8-34(38)29-47-20-22-48(23-21-47)36-14-16-39(42(26-36)56-30-32-6-2-1-3-7-32)43(50)46-57(53,54)37-15-17-40(41(27-37)49(51)52)45-28-31-18-24-55-25-19-31/h1-17,26-27,31,45H,18-25,28-30H2,(H,46,50). The number of ether oxygens (including phenoxy) is 2. The minimum absolute atomic E-state index is 0.0138. The SMILES string of the molecule is O=C(NS(=O)(=O)c1ccc(NCC2CCOCC2)c([N+](=O)[O-])c1)c1ccc(N2CCN(Cc3ccccc3-c3ccc(Cl)cc3)CC2)cc1OCc1ccccc1. The van der Waals surface area contributed by atoms with Crippen molar-refractivity contribution in [3.63, 3.8) is 0 Å². The lowest BCUT2D eigenvalue weighted by Crippen LogP contribution is -2.46. The molecule has 12 nitrogen and oxygen atoms in total. The molecule has 2 N–H and O–H groups in total. The number of nitro groups is 1. The van der Waals surface area contributed by atoms with Crippen LogP contribution >= 0.6 is 11.6 Å². The van der Waals surface area contributed by atoms with Crippen molar-refractivity contribution in [1.29, 1.82) is 0 Å². The van der Waals surface area contributed by atoms with Gasteiger partial charge in [0, 0.05) is 75.3 Å². The van der Waals surface area contributed by atoms with E-state index in [1.165, 1.54) is 23.3 Å². The molecule has 0 bridgehead atoms. The third-order valence-electron chi connectivity index (χ3n) is 10.4. The van der Waals surface area contributed by atoms with Gasteiger partial charge in [0.1, 0.15) is 18.0 Å². The largest absolute Gasteiger partial charge is 0.488 e. The van der Waals surface area contributed by atoms with Crippen LogP contribution in [-0.2, 0) is 27.9 Å². The Morgan fingerprint density at radius 3 is 2.33 bits per heavy atom. The molecule has 14 heteroatoms. The molecule has 0 aliphatic carbocycles. The van der Waals surface area contributed by atoms with Gasteiger partial charge in [-0.3, -0.25) is 19.8 Å². The van der Waals surface area contributed by atoms with E-state index in [2.05, 4.69) is 38.0 Å². The van der Waals surface area contributed by atoms with E-state index in [1.54, 1.807) is 18.2 Å². The molecule has 2 fully saturated rings. The van der Waals surface area contributed by atoms with Crippen molar-refractivity contribution in [3.8, 4) is 16.9 Å². The molecule has 5 aromatic rings. The van der Waals surface area contributed by atoms with Crippen molar-refractivity contribution < 1.29 is 27.6 Å². The monoisotopic (exact) mass is 809 g/mol. The maximum atomic E-state index is 13.7. The second-order valence-electron chi connectivity index (χ2n) is 14.2. The van der Waals surface area contributed by atoms with E-state index in [9.17, 15) is 23.3 Å². The summed E-state index contributed by atoms with van der Waals surface area (Å²) in [7, 11) is -4.51. The number of benzene rings is 5. The van der Waals surface area contributed by atoms with E-state index in [0.29, 0.717) is 24.8 Å². The molecule has 0 aromatic heterocycles. The Bertz CT molecular complexity index is 2300. The molecule has 5 aromatic carbocycles. The molecule has 0 unspecified atom stereocenters. The normalized spacial score (nSPS) is 15.2. The number of nitrogens with zero attached hydrogens (tertiary/aromatic N) is 3. The van der Waals surface area contributed by atoms with Crippen LogP contribution in [-0.4, -0.2) is 70.1 Å². The van der Waals surface area contributed by atoms with E-state index in [1.807, 2.05) is 60.7 Å². The smallest absolute Gasteiger partial charge is 0.293 e. The molecule has 0 atom stereocenters. The Kier molecular flexibility index (Phi) is 12.7. The van der Waals surface area contributed by atoms with E-state index in [-0.39, 0.29) is 29.5 Å². The van der Waals surface area contributed by atoms with Gasteiger partial charge >= 0.3 is 0 Å². The first-order chi connectivity index (χ1) is 27.6. The van der Waals surface area contributed by atoms with Gasteiger partial charge in [-0.05, 0) is 77.4 Å². The van der Waals surface area contributed by atoms with Crippen LogP contribution in [0.2, 0.25) is 5.02 Å². The number of piperazine rings is 1. The number of hydrogen-bond donors (Lipinski definition) is 2. The number of nitrogens with one attached hydrogen (secondary N) is 2. The average Bonchev–Trinajstić information content (AvgIpc) is 3.23. The first kappa shape index (κ1) is 39.8. The molecule has 1 amide bonds. The van der Waals surface area contributed by atoms with Gasteiger partial charge in [-0.15, -0.1) is 0 Å². The van der Waals surface area contributed by atoms with E-state index in [0.717, 1.165) is 68.4 Å². The third-order valence-corrected chi connectivity index (χ3v) is 12.0. The summed E-state index contributed by atoms with van der Waals surface area (Å²) in [6, 6.07) is 34.4. The van der Waals surface area contributed by atoms with Gasteiger partial charge in [0.05, 0.1) is 15.4 Å². The quantitative estimate of drug-likeness (QED) is 0.0844. The summed E-state index contributed by atoms with van der Waals surface area (Å²) >= 11 is 6.14. The van der Waals surface area contributed by atoms with Crippen LogP contribution in [0.1, 0.15) is 34.3 Å². The Morgan fingerprint density at radius 2 is 1.60 bits per heavy atom. The Balaban J connectivity index is 1.06. The van der Waals surface area contributed by atoms with Gasteiger partial charge in [-0.2, -0.15) is 0 Å². The predicted molar refractivity (Wildman–Crippen MR) is 221 cm³/mol. The summed E-state index contributed by atoms with van der Waals surface area (Å²) < 4.78 is 40.8. The number of rotatable bonds is 14. The Labute approximate surface area is 337 Å². The highest BCUT2D eigenvalue weighted by Crippen LogP contribution is 2.32. The molecule has 0 radical (unpaired) electrons. The number of sulfonamides is 1. The summed E-state index contributed by atoms with van der Waals surface area (Å²) in [4.78, 5) is 29.3. The fraction of sp³-hybridized carbons (Fsp3) is 0.279. The summed E-state index contributed by atoms with van der Waals surface area (Å²) in [5.74, 6) is -0.426. The van der Waals surface area contributed by atoms with Crippen molar-refractivity contribution >= 4 is 44.6 Å². The Hall–Kier alpha value is -5.47. The molecule has 2 heterocycles. The van der Waals surface area contributed by atoms with Crippen LogP contribution in [0.4, 0.5) is 17.1 Å². The van der Waals surface area contributed by atoms with Crippen LogP contribution < -0.4 is 19.7 Å². The van der Waals surface area contributed by atoms with Gasteiger partial charge in [-0.1, -0.05) is 78.3 Å². The number of nitro benzene ring substituents is 1. The van der Waals surface area contributed by atoms with Crippen LogP contribution in [0.25, 0.3) is 11.1 Å². The lowest BCUT2D eigenvalue weighted by atomic mass is 9.99. The summed E-state index contributed by atoms with van der Waals surface area (Å²) in [6.45, 7) is 5.72. The number of amides is 1. The van der Waals surface area contributed by atoms with Gasteiger partial charge in [0.15, 0.2) is 0 Å². The van der Waals surface area contributed by atoms with E-state index >= 15 is 0 Å². The fourth-order valence-corrected chi connectivity index (χ4v) is 8.26. The van der Waals surface area contributed by atoms with E-state index in [4.69, 9.17) is 21.1 Å². The van der Waals surface area contributed by atoms with Crippen LogP contribution in [0.5, 0.6) is 5.75 Å². The van der Waals surface area contributed by atoms with Crippen molar-refractivity contribution in [2.24, 2.45) is 5.92 Å². The molecule has 2 aliphatic rings. The van der Waals surface area contributed by atoms with Gasteiger partial charge in [0.2, 0.25) is 0 Å². The molecule has 0 spiro atoms. The molecular formula is C43H44ClN5O7S. The number of hydrogen-bond acceptors (Lipinski definition) is 10. The van der Waals surface area contributed by atoms with Crippen molar-refractivity contribution in [3.05, 3.63) is 147 Å². The molecule has 0 saturated carbocycles. The van der Waals surface area contributed by atoms with Gasteiger partial charge in [0.25, 0.3) is 21.6 Å². The minimum atomic E-state index is -4.51. The van der Waals surface area contributed by atoms with E-state index < -0.39 is 31.4 Å². The molecule has 2 aliphatic heterocycles. The Morgan fingerprint density at radius 1 is 0.877 bits per heavy atom. The van der Waals surface area contributed by atoms with Crippen molar-refractivity contribution in [2.45, 2.75) is 30.9 Å². The number of halogens is 1. The highest BCUT2D eigenvalue weighted by atomic mass is 35.5. The average molecular weight is 810 g/mol. The zero-order valence-electron chi connectivity index (χ0n) is 31.3. The zero-order chi connectivity index (χ0) is 39.8. The second-order valence-corrected chi connectivity index (χ2v) is 16.3. The molecule has 2 saturated heterocycles. The van der Waals surface area contributed by atoms with Crippen LogP contribution in [0.15, 0.2) is 120 Å². The molecular weight excluding hydrogens is 766 g/mol. The summed E-state index contributed by atoms with van der Waals surface area (Å²) in [6.07, 6.45) is 1.66. The van der Waals surface area contributed by atoms with Crippen LogP contribution in [0.3, 0.4) is 0 Å². The minimum Gasteiger partial charge on any atom is -0.488 e. The fourth-order valence-electron chi connectivity index (χ4n) is 7.14.